The summed E-state index contributed by atoms with van der Waals surface area (Å²) in [4.78, 5) is 16.7. The highest BCUT2D eigenvalue weighted by molar-refractivity contribution is 5.82. The third kappa shape index (κ3) is 3.67. The molecular formula is C31H35N2O+. The molecule has 2 aliphatic heterocycles. The number of likely N-dealkylation sites (tertiary alicyclic amines) is 1. The number of nitrogens with zero attached hydrogens (tertiary/aromatic N) is 1. The van der Waals surface area contributed by atoms with Gasteiger partial charge in [-0.15, -0.1) is 0 Å². The molecule has 0 bridgehead atoms. The minimum Gasteiger partial charge on any atom is -0.345 e. The number of piperidine rings is 1. The third-order valence-electron chi connectivity index (χ3n) is 8.84. The lowest BCUT2D eigenvalue weighted by Crippen LogP contribution is -2.82. The topological polar surface area (TPSA) is 36.9 Å². The first-order chi connectivity index (χ1) is 16.8. The number of benzene rings is 3. The second-order valence-corrected chi connectivity index (χ2v) is 10.5. The maximum atomic E-state index is 14.4. The second kappa shape index (κ2) is 9.03. The first-order valence-corrected chi connectivity index (χ1v) is 13.1. The molecule has 0 radical (unpaired) electrons. The van der Waals surface area contributed by atoms with Gasteiger partial charge >= 0.3 is 0 Å². The molecule has 3 nitrogen and oxygen atoms in total. The number of rotatable bonds is 3. The van der Waals surface area contributed by atoms with E-state index in [-0.39, 0.29) is 17.4 Å². The summed E-state index contributed by atoms with van der Waals surface area (Å²) in [5.41, 5.74) is 5.58. The summed E-state index contributed by atoms with van der Waals surface area (Å²) in [6, 6.07) is 30.7. The molecule has 2 heterocycles. The summed E-state index contributed by atoms with van der Waals surface area (Å²) in [5.74, 6) is 0.939. The highest BCUT2D eigenvalue weighted by Gasteiger charge is 2.54. The van der Waals surface area contributed by atoms with Crippen LogP contribution in [0, 0.1) is 5.92 Å². The molecule has 174 valence electrons. The summed E-state index contributed by atoms with van der Waals surface area (Å²) in [6.45, 7) is 2.79. The minimum absolute atomic E-state index is 0.0105. The molecule has 4 atom stereocenters. The third-order valence-corrected chi connectivity index (χ3v) is 8.84. The largest absolute Gasteiger partial charge is 0.345 e. The first-order valence-electron chi connectivity index (χ1n) is 13.1. The number of quaternary nitrogens is 1. The van der Waals surface area contributed by atoms with Crippen LogP contribution in [0.4, 0.5) is 0 Å². The van der Waals surface area contributed by atoms with Gasteiger partial charge in [0.05, 0.1) is 24.5 Å². The maximum absolute atomic E-state index is 14.4. The van der Waals surface area contributed by atoms with Crippen molar-refractivity contribution >= 4 is 5.91 Å². The van der Waals surface area contributed by atoms with Crippen LogP contribution in [0.2, 0.25) is 0 Å². The average molecular weight is 452 g/mol. The molecule has 0 saturated carbocycles. The fourth-order valence-corrected chi connectivity index (χ4v) is 7.19. The number of carbonyl (C=O) groups is 1. The first kappa shape index (κ1) is 21.6. The smallest absolute Gasteiger partial charge is 0.233 e. The second-order valence-electron chi connectivity index (χ2n) is 10.5. The lowest BCUT2D eigenvalue weighted by molar-refractivity contribution is -0.640. The van der Waals surface area contributed by atoms with Crippen molar-refractivity contribution in [3.05, 3.63) is 107 Å². The monoisotopic (exact) mass is 451 g/mol. The van der Waals surface area contributed by atoms with Crippen LogP contribution in [-0.4, -0.2) is 30.4 Å². The minimum atomic E-state index is -0.0105. The van der Waals surface area contributed by atoms with Crippen LogP contribution in [0.15, 0.2) is 84.9 Å². The number of nitrogens with two attached hydrogens (primary N) is 1. The highest BCUT2D eigenvalue weighted by Crippen LogP contribution is 2.46. The van der Waals surface area contributed by atoms with Crippen molar-refractivity contribution in [1.29, 1.82) is 0 Å². The molecule has 3 aliphatic rings. The Bertz CT molecular complexity index is 1140. The summed E-state index contributed by atoms with van der Waals surface area (Å²) < 4.78 is 0. The van der Waals surface area contributed by atoms with Crippen LogP contribution < -0.4 is 5.32 Å². The quantitative estimate of drug-likeness (QED) is 0.621. The van der Waals surface area contributed by atoms with Gasteiger partial charge in [-0.05, 0) is 60.3 Å². The van der Waals surface area contributed by atoms with Crippen LogP contribution in [0.3, 0.4) is 0 Å². The van der Waals surface area contributed by atoms with Gasteiger partial charge in [-0.2, -0.15) is 0 Å². The molecule has 3 heteroatoms. The van der Waals surface area contributed by atoms with Gasteiger partial charge in [0.25, 0.3) is 0 Å². The van der Waals surface area contributed by atoms with Gasteiger partial charge < -0.3 is 10.2 Å². The maximum Gasteiger partial charge on any atom is 0.233 e. The molecule has 2 fully saturated rings. The number of hydrogen-bond donors (Lipinski definition) is 1. The van der Waals surface area contributed by atoms with Gasteiger partial charge in [-0.25, -0.2) is 0 Å². The highest BCUT2D eigenvalue weighted by atomic mass is 16.2. The zero-order valence-corrected chi connectivity index (χ0v) is 19.9. The van der Waals surface area contributed by atoms with Crippen molar-refractivity contribution in [2.75, 3.05) is 19.6 Å². The van der Waals surface area contributed by atoms with E-state index < -0.39 is 0 Å². The van der Waals surface area contributed by atoms with Crippen LogP contribution in [0.1, 0.15) is 59.9 Å². The fourth-order valence-electron chi connectivity index (χ4n) is 7.19. The van der Waals surface area contributed by atoms with Crippen molar-refractivity contribution in [3.8, 4) is 0 Å². The number of carbonyl (C=O) groups excluding carboxylic acids is 1. The molecule has 3 aromatic rings. The zero-order valence-electron chi connectivity index (χ0n) is 19.9. The van der Waals surface area contributed by atoms with Gasteiger partial charge in [0, 0.05) is 6.54 Å². The van der Waals surface area contributed by atoms with E-state index in [2.05, 4.69) is 95.1 Å². The van der Waals surface area contributed by atoms with E-state index in [0.29, 0.717) is 11.8 Å². The van der Waals surface area contributed by atoms with Crippen LogP contribution >= 0.6 is 0 Å². The van der Waals surface area contributed by atoms with E-state index in [1.165, 1.54) is 28.7 Å². The summed E-state index contributed by atoms with van der Waals surface area (Å²) in [6.07, 6.45) is 5.51. The lowest BCUT2D eigenvalue weighted by atomic mass is 9.64. The number of fused-ring (bicyclic) bond motifs is 2. The zero-order chi connectivity index (χ0) is 23.0. The van der Waals surface area contributed by atoms with E-state index in [1.54, 1.807) is 0 Å². The van der Waals surface area contributed by atoms with Crippen LogP contribution in [0.5, 0.6) is 0 Å². The van der Waals surface area contributed by atoms with E-state index in [4.69, 9.17) is 0 Å². The Morgan fingerprint density at radius 1 is 0.882 bits per heavy atom. The van der Waals surface area contributed by atoms with Gasteiger partial charge in [-0.3, -0.25) is 4.79 Å². The molecule has 1 amide bonds. The Morgan fingerprint density at radius 3 is 2.38 bits per heavy atom. The predicted molar refractivity (Wildman–Crippen MR) is 136 cm³/mol. The summed E-state index contributed by atoms with van der Waals surface area (Å²) >= 11 is 0. The normalized spacial score (nSPS) is 28.6. The van der Waals surface area contributed by atoms with E-state index in [9.17, 15) is 4.79 Å². The Balaban J connectivity index is 1.34. The van der Waals surface area contributed by atoms with Crippen LogP contribution in [0.25, 0.3) is 0 Å². The Kier molecular flexibility index (Phi) is 5.74. The molecule has 1 spiro atoms. The number of aryl methyl sites for hydroxylation is 1. The van der Waals surface area contributed by atoms with Gasteiger partial charge in [-0.1, -0.05) is 84.9 Å². The van der Waals surface area contributed by atoms with Crippen molar-refractivity contribution in [2.24, 2.45) is 5.92 Å². The molecule has 1 aliphatic carbocycles. The average Bonchev–Trinajstić information content (AvgIpc) is 3.33. The van der Waals surface area contributed by atoms with Crippen molar-refractivity contribution < 1.29 is 10.1 Å². The summed E-state index contributed by atoms with van der Waals surface area (Å²) in [5, 5.41) is 2.40. The predicted octanol–water partition coefficient (Wildman–Crippen LogP) is 4.60. The van der Waals surface area contributed by atoms with Gasteiger partial charge in [0.1, 0.15) is 5.92 Å². The Morgan fingerprint density at radius 2 is 1.59 bits per heavy atom. The van der Waals surface area contributed by atoms with Gasteiger partial charge in [0.2, 0.25) is 5.91 Å². The molecule has 0 unspecified atom stereocenters. The SMILES string of the molecule is O=C([C@@H]1C[NH2+]C[C@]12CCCc1ccccc12)N1CC[C@@H](c2ccccc2)C[C@H]1c1ccccc1. The Hall–Kier alpha value is -2.91. The molecule has 34 heavy (non-hydrogen) atoms. The van der Waals surface area contributed by atoms with E-state index >= 15 is 0 Å². The number of amides is 1. The molecule has 0 aromatic heterocycles. The summed E-state index contributed by atoms with van der Waals surface area (Å²) in [7, 11) is 0. The van der Waals surface area contributed by atoms with Crippen molar-refractivity contribution in [1.82, 2.24) is 4.90 Å². The molecule has 2 N–H and O–H groups in total. The van der Waals surface area contributed by atoms with Crippen molar-refractivity contribution in [2.45, 2.75) is 49.5 Å². The van der Waals surface area contributed by atoms with E-state index in [1.807, 2.05) is 0 Å². The molecule has 3 aromatic carbocycles. The Labute approximate surface area is 203 Å². The van der Waals surface area contributed by atoms with Gasteiger partial charge in [0.15, 0.2) is 0 Å². The van der Waals surface area contributed by atoms with Crippen molar-refractivity contribution in [3.63, 3.8) is 0 Å². The fraction of sp³-hybridized carbons (Fsp3) is 0.387. The molecular weight excluding hydrogens is 416 g/mol. The lowest BCUT2D eigenvalue weighted by Gasteiger charge is -2.44. The van der Waals surface area contributed by atoms with E-state index in [0.717, 1.165) is 45.3 Å². The molecule has 6 rings (SSSR count). The standard InChI is InChI=1S/C31H34N2O/c34-30(28-21-32-22-31(28)18-9-15-24-12-7-8-16-27(24)31)33-19-17-26(23-10-3-1-4-11-23)20-29(33)25-13-5-2-6-14-25/h1-8,10-14,16,26,28-29,32H,9,15,17-22H2/p+1/t26-,28+,29+,31+/m1/s1. The number of hydrogen-bond acceptors (Lipinski definition) is 1. The molecule has 2 saturated heterocycles. The van der Waals surface area contributed by atoms with Crippen LogP contribution in [-0.2, 0) is 16.6 Å².